The van der Waals surface area contributed by atoms with Crippen molar-refractivity contribution in [2.75, 3.05) is 11.9 Å². The summed E-state index contributed by atoms with van der Waals surface area (Å²) in [6.07, 6.45) is 5.86. The number of unbranched alkanes of at least 4 members (excludes halogenated alkanes) is 3. The van der Waals surface area contributed by atoms with Crippen LogP contribution in [0.3, 0.4) is 0 Å². The standard InChI is InChI=1S/C14H24ClN3/c1-4-5-6-7-8-16-13-10-12(15)17-14(18-13)9-11(2)3/h10-11H,4-9H2,1-3H3,(H,16,17,18). The monoisotopic (exact) mass is 269 g/mol. The second-order valence-electron chi connectivity index (χ2n) is 5.08. The first-order valence-corrected chi connectivity index (χ1v) is 7.27. The van der Waals surface area contributed by atoms with Crippen LogP contribution in [-0.4, -0.2) is 16.5 Å². The Balaban J connectivity index is 2.46. The second kappa shape index (κ2) is 8.30. The van der Waals surface area contributed by atoms with E-state index in [0.29, 0.717) is 11.1 Å². The van der Waals surface area contributed by atoms with E-state index in [-0.39, 0.29) is 0 Å². The Morgan fingerprint density at radius 3 is 2.67 bits per heavy atom. The van der Waals surface area contributed by atoms with Crippen LogP contribution in [0, 0.1) is 5.92 Å². The number of aromatic nitrogens is 2. The van der Waals surface area contributed by atoms with Gasteiger partial charge in [-0.05, 0) is 12.3 Å². The van der Waals surface area contributed by atoms with Gasteiger partial charge in [0.05, 0.1) is 0 Å². The minimum Gasteiger partial charge on any atom is -0.370 e. The lowest BCUT2D eigenvalue weighted by Crippen LogP contribution is -2.07. The van der Waals surface area contributed by atoms with Gasteiger partial charge in [0, 0.05) is 19.0 Å². The van der Waals surface area contributed by atoms with Crippen LogP contribution in [-0.2, 0) is 6.42 Å². The van der Waals surface area contributed by atoms with Crippen LogP contribution in [0.5, 0.6) is 0 Å². The van der Waals surface area contributed by atoms with Gasteiger partial charge in [0.2, 0.25) is 0 Å². The van der Waals surface area contributed by atoms with Gasteiger partial charge in [-0.15, -0.1) is 0 Å². The molecule has 1 N–H and O–H groups in total. The Kier molecular flexibility index (Phi) is 7.02. The van der Waals surface area contributed by atoms with E-state index in [1.807, 2.05) is 0 Å². The molecule has 3 nitrogen and oxygen atoms in total. The number of anilines is 1. The zero-order valence-electron chi connectivity index (χ0n) is 11.7. The number of hydrogen-bond donors (Lipinski definition) is 1. The molecule has 102 valence electrons. The third kappa shape index (κ3) is 6.20. The average molecular weight is 270 g/mol. The highest BCUT2D eigenvalue weighted by Gasteiger charge is 2.05. The van der Waals surface area contributed by atoms with E-state index >= 15 is 0 Å². The minimum absolute atomic E-state index is 0.525. The molecule has 0 aliphatic rings. The molecule has 0 aliphatic heterocycles. The molecule has 0 fully saturated rings. The van der Waals surface area contributed by atoms with E-state index in [4.69, 9.17) is 11.6 Å². The van der Waals surface area contributed by atoms with Crippen molar-refractivity contribution in [3.63, 3.8) is 0 Å². The molecule has 0 atom stereocenters. The predicted octanol–water partition coefficient (Wildman–Crippen LogP) is 4.32. The van der Waals surface area contributed by atoms with Crippen molar-refractivity contribution in [3.05, 3.63) is 17.0 Å². The van der Waals surface area contributed by atoms with Crippen molar-refractivity contribution in [2.24, 2.45) is 5.92 Å². The molecule has 1 aromatic rings. The fourth-order valence-corrected chi connectivity index (χ4v) is 1.98. The van der Waals surface area contributed by atoms with Gasteiger partial charge < -0.3 is 5.32 Å². The van der Waals surface area contributed by atoms with Gasteiger partial charge in [-0.2, -0.15) is 0 Å². The van der Waals surface area contributed by atoms with E-state index in [2.05, 4.69) is 36.1 Å². The second-order valence-corrected chi connectivity index (χ2v) is 5.46. The maximum Gasteiger partial charge on any atom is 0.134 e. The molecule has 0 saturated carbocycles. The Morgan fingerprint density at radius 1 is 1.22 bits per heavy atom. The lowest BCUT2D eigenvalue weighted by Gasteiger charge is -2.09. The summed E-state index contributed by atoms with van der Waals surface area (Å²) in [4.78, 5) is 8.73. The van der Waals surface area contributed by atoms with Gasteiger partial charge in [0.1, 0.15) is 16.8 Å². The van der Waals surface area contributed by atoms with E-state index < -0.39 is 0 Å². The molecule has 0 spiro atoms. The highest BCUT2D eigenvalue weighted by Crippen LogP contribution is 2.14. The van der Waals surface area contributed by atoms with Crippen LogP contribution in [0.15, 0.2) is 6.07 Å². The minimum atomic E-state index is 0.525. The van der Waals surface area contributed by atoms with E-state index in [1.54, 1.807) is 6.07 Å². The number of hydrogen-bond acceptors (Lipinski definition) is 3. The normalized spacial score (nSPS) is 10.9. The number of nitrogens with zero attached hydrogens (tertiary/aromatic N) is 2. The molecule has 1 rings (SSSR count). The third-order valence-electron chi connectivity index (χ3n) is 2.67. The van der Waals surface area contributed by atoms with Gasteiger partial charge in [-0.25, -0.2) is 9.97 Å². The van der Waals surface area contributed by atoms with Crippen molar-refractivity contribution in [2.45, 2.75) is 52.9 Å². The Morgan fingerprint density at radius 2 is 2.00 bits per heavy atom. The van der Waals surface area contributed by atoms with Crippen LogP contribution in [0.4, 0.5) is 5.82 Å². The molecule has 0 aliphatic carbocycles. The zero-order chi connectivity index (χ0) is 13.4. The topological polar surface area (TPSA) is 37.8 Å². The highest BCUT2D eigenvalue weighted by molar-refractivity contribution is 6.29. The van der Waals surface area contributed by atoms with Gasteiger partial charge in [0.15, 0.2) is 0 Å². The summed E-state index contributed by atoms with van der Waals surface area (Å²) >= 11 is 6.00. The fourth-order valence-electron chi connectivity index (χ4n) is 1.78. The molecular weight excluding hydrogens is 246 g/mol. The van der Waals surface area contributed by atoms with Crippen molar-refractivity contribution in [1.82, 2.24) is 9.97 Å². The molecule has 0 saturated heterocycles. The van der Waals surface area contributed by atoms with Crippen LogP contribution >= 0.6 is 11.6 Å². The number of halogens is 1. The van der Waals surface area contributed by atoms with E-state index in [0.717, 1.165) is 24.6 Å². The summed E-state index contributed by atoms with van der Waals surface area (Å²) in [6.45, 7) is 7.48. The van der Waals surface area contributed by atoms with Gasteiger partial charge in [0.25, 0.3) is 0 Å². The molecule has 1 aromatic heterocycles. The number of nitrogens with one attached hydrogen (secondary N) is 1. The average Bonchev–Trinajstić information content (AvgIpc) is 2.27. The molecule has 1 heterocycles. The fraction of sp³-hybridized carbons (Fsp3) is 0.714. The molecule has 0 bridgehead atoms. The van der Waals surface area contributed by atoms with Crippen LogP contribution < -0.4 is 5.32 Å². The summed E-state index contributed by atoms with van der Waals surface area (Å²) < 4.78 is 0. The van der Waals surface area contributed by atoms with Crippen LogP contribution in [0.25, 0.3) is 0 Å². The maximum absolute atomic E-state index is 6.00. The van der Waals surface area contributed by atoms with Crippen molar-refractivity contribution < 1.29 is 0 Å². The smallest absolute Gasteiger partial charge is 0.134 e. The lowest BCUT2D eigenvalue weighted by molar-refractivity contribution is 0.620. The molecule has 4 heteroatoms. The largest absolute Gasteiger partial charge is 0.370 e. The molecule has 0 amide bonds. The van der Waals surface area contributed by atoms with E-state index in [1.165, 1.54) is 25.7 Å². The predicted molar refractivity (Wildman–Crippen MR) is 78.2 cm³/mol. The molecule has 0 aromatic carbocycles. The first kappa shape index (κ1) is 15.2. The number of rotatable bonds is 8. The third-order valence-corrected chi connectivity index (χ3v) is 2.86. The Labute approximate surface area is 115 Å². The maximum atomic E-state index is 6.00. The first-order valence-electron chi connectivity index (χ1n) is 6.89. The first-order chi connectivity index (χ1) is 8.61. The summed E-state index contributed by atoms with van der Waals surface area (Å²) in [5.74, 6) is 2.22. The highest BCUT2D eigenvalue weighted by atomic mass is 35.5. The van der Waals surface area contributed by atoms with E-state index in [9.17, 15) is 0 Å². The lowest BCUT2D eigenvalue weighted by atomic mass is 10.1. The van der Waals surface area contributed by atoms with Gasteiger partial charge >= 0.3 is 0 Å². The summed E-state index contributed by atoms with van der Waals surface area (Å²) in [5.41, 5.74) is 0. The Hall–Kier alpha value is -0.830. The van der Waals surface area contributed by atoms with Crippen LogP contribution in [0.1, 0.15) is 52.3 Å². The molecular formula is C14H24ClN3. The van der Waals surface area contributed by atoms with Crippen molar-refractivity contribution in [1.29, 1.82) is 0 Å². The Bertz CT molecular complexity index is 353. The van der Waals surface area contributed by atoms with Crippen molar-refractivity contribution in [3.8, 4) is 0 Å². The molecule has 0 unspecified atom stereocenters. The van der Waals surface area contributed by atoms with Crippen molar-refractivity contribution >= 4 is 17.4 Å². The summed E-state index contributed by atoms with van der Waals surface area (Å²) in [7, 11) is 0. The van der Waals surface area contributed by atoms with Gasteiger partial charge in [-0.3, -0.25) is 0 Å². The molecule has 18 heavy (non-hydrogen) atoms. The SMILES string of the molecule is CCCCCCNc1cc(Cl)nc(CC(C)C)n1. The summed E-state index contributed by atoms with van der Waals surface area (Å²) in [5, 5.41) is 3.85. The van der Waals surface area contributed by atoms with Crippen LogP contribution in [0.2, 0.25) is 5.15 Å². The quantitative estimate of drug-likeness (QED) is 0.564. The molecule has 0 radical (unpaired) electrons. The van der Waals surface area contributed by atoms with Gasteiger partial charge in [-0.1, -0.05) is 51.6 Å². The zero-order valence-corrected chi connectivity index (χ0v) is 12.4. The summed E-state index contributed by atoms with van der Waals surface area (Å²) in [6, 6.07) is 1.80.